The highest BCUT2D eigenvalue weighted by atomic mass is 16.5. The Morgan fingerprint density at radius 2 is 1.83 bits per heavy atom. The van der Waals surface area contributed by atoms with Crippen LogP contribution in [0, 0.1) is 39.9 Å². The molecule has 164 valence electrons. The third-order valence-electron chi connectivity index (χ3n) is 10.7. The SMILES string of the molecule is CC(=O)O[C@@H]1CC[C@@]2(C)C(=CC[C@H]3[C@@H]2CC[C@@]2(C)[C@H]3C[C@@H]3CC=CC[C@]32C(C)=O)C1. The van der Waals surface area contributed by atoms with Gasteiger partial charge >= 0.3 is 5.97 Å². The standard InChI is InChI=1S/C27H38O3/c1-17(28)27-12-6-5-7-20(27)16-24-22-9-8-19-15-21(30-18(2)29)10-13-25(19,3)23(22)11-14-26(24,27)4/h5-6,8,20-24H,7,9-16H2,1-4H3/t20-,21+,22-,23-,24-,25-,26-,27-/m0/s1. The van der Waals surface area contributed by atoms with Crippen molar-refractivity contribution in [3.05, 3.63) is 23.8 Å². The van der Waals surface area contributed by atoms with Crippen molar-refractivity contribution >= 4 is 11.8 Å². The Hall–Kier alpha value is -1.38. The number of allylic oxidation sites excluding steroid dienone is 3. The molecule has 0 spiro atoms. The van der Waals surface area contributed by atoms with Crippen molar-refractivity contribution in [1.29, 1.82) is 0 Å². The van der Waals surface area contributed by atoms with Crippen molar-refractivity contribution in [3.8, 4) is 0 Å². The third-order valence-corrected chi connectivity index (χ3v) is 10.7. The lowest BCUT2D eigenvalue weighted by atomic mass is 9.44. The number of carbonyl (C=O) groups excluding carboxylic acids is 2. The average Bonchev–Trinajstić information content (AvgIpc) is 2.98. The lowest BCUT2D eigenvalue weighted by molar-refractivity contribution is -0.150. The summed E-state index contributed by atoms with van der Waals surface area (Å²) in [5.74, 6) is 2.90. The highest BCUT2D eigenvalue weighted by molar-refractivity contribution is 5.85. The Kier molecular flexibility index (Phi) is 4.66. The molecule has 3 nitrogen and oxygen atoms in total. The first kappa shape index (κ1) is 20.5. The quantitative estimate of drug-likeness (QED) is 0.412. The predicted molar refractivity (Wildman–Crippen MR) is 118 cm³/mol. The normalized spacial score (nSPS) is 49.2. The second kappa shape index (κ2) is 6.81. The molecule has 5 aliphatic carbocycles. The molecule has 8 atom stereocenters. The number of fused-ring (bicyclic) bond motifs is 7. The fourth-order valence-electron chi connectivity index (χ4n) is 9.31. The summed E-state index contributed by atoms with van der Waals surface area (Å²) in [7, 11) is 0. The van der Waals surface area contributed by atoms with Crippen molar-refractivity contribution in [2.24, 2.45) is 39.9 Å². The number of Topliss-reactive ketones (excluding diaryl/α,β-unsaturated/α-hetero) is 1. The van der Waals surface area contributed by atoms with Crippen LogP contribution in [0.1, 0.15) is 85.5 Å². The van der Waals surface area contributed by atoms with Gasteiger partial charge in [-0.05, 0) is 92.8 Å². The molecule has 0 radical (unpaired) electrons. The number of rotatable bonds is 2. The van der Waals surface area contributed by atoms with Gasteiger partial charge in [0.2, 0.25) is 0 Å². The molecule has 0 heterocycles. The maximum absolute atomic E-state index is 13.2. The van der Waals surface area contributed by atoms with Gasteiger partial charge in [0, 0.05) is 18.8 Å². The molecule has 5 aliphatic rings. The average molecular weight is 411 g/mol. The summed E-state index contributed by atoms with van der Waals surface area (Å²) >= 11 is 0. The molecular weight excluding hydrogens is 372 g/mol. The van der Waals surface area contributed by atoms with Gasteiger partial charge in [0.1, 0.15) is 11.9 Å². The maximum Gasteiger partial charge on any atom is 0.302 e. The molecule has 0 aromatic rings. The van der Waals surface area contributed by atoms with Crippen LogP contribution in [0.4, 0.5) is 0 Å². The van der Waals surface area contributed by atoms with Gasteiger partial charge in [-0.25, -0.2) is 0 Å². The first-order valence-electron chi connectivity index (χ1n) is 12.2. The van der Waals surface area contributed by atoms with E-state index < -0.39 is 0 Å². The largest absolute Gasteiger partial charge is 0.462 e. The molecule has 0 bridgehead atoms. The Balaban J connectivity index is 1.47. The van der Waals surface area contributed by atoms with E-state index in [9.17, 15) is 9.59 Å². The van der Waals surface area contributed by atoms with Crippen LogP contribution in [0.5, 0.6) is 0 Å². The monoisotopic (exact) mass is 410 g/mol. The van der Waals surface area contributed by atoms with Crippen molar-refractivity contribution in [3.63, 3.8) is 0 Å². The van der Waals surface area contributed by atoms with Gasteiger partial charge in [0.25, 0.3) is 0 Å². The van der Waals surface area contributed by atoms with Crippen LogP contribution in [0.15, 0.2) is 23.8 Å². The lowest BCUT2D eigenvalue weighted by Gasteiger charge is -2.60. The van der Waals surface area contributed by atoms with Crippen LogP contribution in [-0.4, -0.2) is 17.9 Å². The van der Waals surface area contributed by atoms with E-state index in [4.69, 9.17) is 4.74 Å². The van der Waals surface area contributed by atoms with Crippen LogP contribution >= 0.6 is 0 Å². The first-order chi connectivity index (χ1) is 14.2. The third kappa shape index (κ3) is 2.56. The highest BCUT2D eigenvalue weighted by Gasteiger charge is 2.68. The minimum atomic E-state index is -0.150. The van der Waals surface area contributed by atoms with E-state index in [0.29, 0.717) is 29.5 Å². The molecule has 0 N–H and O–H groups in total. The van der Waals surface area contributed by atoms with Gasteiger partial charge < -0.3 is 4.74 Å². The van der Waals surface area contributed by atoms with E-state index in [1.54, 1.807) is 5.57 Å². The van der Waals surface area contributed by atoms with Gasteiger partial charge in [0.05, 0.1) is 0 Å². The molecule has 0 saturated heterocycles. The zero-order valence-corrected chi connectivity index (χ0v) is 19.2. The van der Waals surface area contributed by atoms with E-state index in [2.05, 4.69) is 32.1 Å². The second-order valence-corrected chi connectivity index (χ2v) is 11.6. The molecule has 0 unspecified atom stereocenters. The minimum Gasteiger partial charge on any atom is -0.462 e. The molecule has 0 amide bonds. The van der Waals surface area contributed by atoms with Gasteiger partial charge in [-0.2, -0.15) is 0 Å². The molecule has 0 aromatic carbocycles. The molecule has 30 heavy (non-hydrogen) atoms. The Morgan fingerprint density at radius 1 is 1.03 bits per heavy atom. The summed E-state index contributed by atoms with van der Waals surface area (Å²) in [6.45, 7) is 8.38. The van der Waals surface area contributed by atoms with Gasteiger partial charge in [-0.3, -0.25) is 9.59 Å². The molecule has 5 rings (SSSR count). The number of hydrogen-bond donors (Lipinski definition) is 0. The van der Waals surface area contributed by atoms with Crippen molar-refractivity contribution in [2.75, 3.05) is 0 Å². The van der Waals surface area contributed by atoms with Crippen LogP contribution in [0.25, 0.3) is 0 Å². The number of ketones is 1. The van der Waals surface area contributed by atoms with E-state index >= 15 is 0 Å². The number of hydrogen-bond acceptors (Lipinski definition) is 3. The highest BCUT2D eigenvalue weighted by Crippen LogP contribution is 2.73. The molecule has 3 saturated carbocycles. The summed E-state index contributed by atoms with van der Waals surface area (Å²) in [5, 5.41) is 0. The van der Waals surface area contributed by atoms with Gasteiger partial charge in [0.15, 0.2) is 0 Å². The summed E-state index contributed by atoms with van der Waals surface area (Å²) in [5.41, 5.74) is 1.81. The number of esters is 1. The van der Waals surface area contributed by atoms with Crippen molar-refractivity contribution in [2.45, 2.75) is 91.6 Å². The van der Waals surface area contributed by atoms with E-state index in [0.717, 1.165) is 38.5 Å². The molecule has 0 aromatic heterocycles. The second-order valence-electron chi connectivity index (χ2n) is 11.6. The van der Waals surface area contributed by atoms with E-state index in [1.165, 1.54) is 26.2 Å². The zero-order valence-electron chi connectivity index (χ0n) is 19.2. The summed E-state index contributed by atoms with van der Waals surface area (Å²) in [4.78, 5) is 24.6. The smallest absolute Gasteiger partial charge is 0.302 e. The predicted octanol–water partition coefficient (Wildman–Crippen LogP) is 6.03. The number of ether oxygens (including phenoxy) is 1. The lowest BCUT2D eigenvalue weighted by Crippen LogP contribution is -2.55. The molecule has 3 heteroatoms. The molecule has 0 aliphatic heterocycles. The van der Waals surface area contributed by atoms with E-state index in [-0.39, 0.29) is 28.3 Å². The first-order valence-corrected chi connectivity index (χ1v) is 12.2. The zero-order chi connectivity index (χ0) is 21.3. The van der Waals surface area contributed by atoms with Gasteiger partial charge in [-0.1, -0.05) is 37.6 Å². The Bertz CT molecular complexity index is 824. The summed E-state index contributed by atoms with van der Waals surface area (Å²) < 4.78 is 5.59. The minimum absolute atomic E-state index is 0.0636. The van der Waals surface area contributed by atoms with Crippen LogP contribution in [-0.2, 0) is 14.3 Å². The number of carbonyl (C=O) groups is 2. The van der Waals surface area contributed by atoms with Gasteiger partial charge in [-0.15, -0.1) is 0 Å². The maximum atomic E-state index is 13.2. The van der Waals surface area contributed by atoms with Crippen molar-refractivity contribution in [1.82, 2.24) is 0 Å². The molecular formula is C27H38O3. The molecule has 3 fully saturated rings. The fraction of sp³-hybridized carbons (Fsp3) is 0.778. The van der Waals surface area contributed by atoms with Crippen LogP contribution in [0.2, 0.25) is 0 Å². The van der Waals surface area contributed by atoms with Crippen LogP contribution in [0.3, 0.4) is 0 Å². The van der Waals surface area contributed by atoms with E-state index in [1.807, 2.05) is 6.92 Å². The Morgan fingerprint density at radius 3 is 2.57 bits per heavy atom. The topological polar surface area (TPSA) is 43.4 Å². The summed E-state index contributed by atoms with van der Waals surface area (Å²) in [6.07, 6.45) is 17.1. The summed E-state index contributed by atoms with van der Waals surface area (Å²) in [6, 6.07) is 0. The van der Waals surface area contributed by atoms with Crippen molar-refractivity contribution < 1.29 is 14.3 Å². The fourth-order valence-corrected chi connectivity index (χ4v) is 9.31. The van der Waals surface area contributed by atoms with Crippen LogP contribution < -0.4 is 0 Å². The Labute approximate surface area is 181 Å².